The minimum atomic E-state index is 0.555. The van der Waals surface area contributed by atoms with Crippen LogP contribution in [0.5, 0.6) is 0 Å². The van der Waals surface area contributed by atoms with E-state index >= 15 is 0 Å². The molecule has 0 heterocycles. The second-order valence-electron chi connectivity index (χ2n) is 3.92. The highest BCUT2D eigenvalue weighted by Gasteiger charge is 2.02. The molecule has 0 aliphatic carbocycles. The zero-order valence-electron chi connectivity index (χ0n) is 9.97. The number of nitriles is 2. The summed E-state index contributed by atoms with van der Waals surface area (Å²) < 4.78 is 1.12. The van der Waals surface area contributed by atoms with Gasteiger partial charge in [-0.05, 0) is 64.1 Å². The van der Waals surface area contributed by atoms with Crippen LogP contribution >= 0.6 is 22.6 Å². The minimum absolute atomic E-state index is 0.555. The van der Waals surface area contributed by atoms with Crippen LogP contribution in [0.1, 0.15) is 16.7 Å². The van der Waals surface area contributed by atoms with Crippen LogP contribution in [0.15, 0.2) is 48.5 Å². The number of halogens is 1. The van der Waals surface area contributed by atoms with Crippen molar-refractivity contribution in [1.82, 2.24) is 0 Å². The van der Waals surface area contributed by atoms with Gasteiger partial charge in [-0.1, -0.05) is 24.3 Å². The van der Waals surface area contributed by atoms with E-state index in [1.54, 1.807) is 18.2 Å². The van der Waals surface area contributed by atoms with Crippen molar-refractivity contribution in [2.45, 2.75) is 0 Å². The van der Waals surface area contributed by atoms with E-state index in [9.17, 15) is 5.26 Å². The summed E-state index contributed by atoms with van der Waals surface area (Å²) in [5, 5.41) is 18.2. The Morgan fingerprint density at radius 2 is 1.84 bits per heavy atom. The predicted octanol–water partition coefficient (Wildman–Crippen LogP) is 4.23. The fraction of sp³-hybridized carbons (Fsp3) is 0. The van der Waals surface area contributed by atoms with Crippen LogP contribution in [0.2, 0.25) is 0 Å². The van der Waals surface area contributed by atoms with Gasteiger partial charge in [-0.2, -0.15) is 10.5 Å². The zero-order valence-corrected chi connectivity index (χ0v) is 12.1. The van der Waals surface area contributed by atoms with Gasteiger partial charge in [0, 0.05) is 3.57 Å². The summed E-state index contributed by atoms with van der Waals surface area (Å²) in [6, 6.07) is 19.3. The predicted molar refractivity (Wildman–Crippen MR) is 83.8 cm³/mol. The molecule has 0 atom stereocenters. The lowest BCUT2D eigenvalue weighted by atomic mass is 10.0. The molecule has 0 amide bonds. The fourth-order valence-electron chi connectivity index (χ4n) is 1.70. The maximum absolute atomic E-state index is 9.27. The third kappa shape index (κ3) is 3.43. The Morgan fingerprint density at radius 1 is 1.05 bits per heavy atom. The number of nitrogens with zero attached hydrogens (tertiary/aromatic N) is 2. The van der Waals surface area contributed by atoms with E-state index in [1.807, 2.05) is 36.4 Å². The van der Waals surface area contributed by atoms with Gasteiger partial charge >= 0.3 is 0 Å². The molecule has 0 aliphatic heterocycles. The van der Waals surface area contributed by atoms with Crippen molar-refractivity contribution in [2.24, 2.45) is 0 Å². The molecule has 0 aromatic heterocycles. The largest absolute Gasteiger partial charge is 0.192 e. The summed E-state index contributed by atoms with van der Waals surface area (Å²) in [7, 11) is 0. The standard InChI is InChI=1S/C16H9IN2/c17-16-6-2-3-12(9-16)7-15(11-19)14-5-1-4-13(8-14)10-18/h1-9H/b15-7-. The molecule has 0 bridgehead atoms. The molecule has 0 fully saturated rings. The van der Waals surface area contributed by atoms with Gasteiger partial charge in [0.1, 0.15) is 0 Å². The Labute approximate surface area is 125 Å². The van der Waals surface area contributed by atoms with Gasteiger partial charge in [-0.3, -0.25) is 0 Å². The smallest absolute Gasteiger partial charge is 0.0998 e. The molecule has 2 rings (SSSR count). The Balaban J connectivity index is 2.46. The quantitative estimate of drug-likeness (QED) is 0.459. The van der Waals surface area contributed by atoms with Gasteiger partial charge in [-0.15, -0.1) is 0 Å². The van der Waals surface area contributed by atoms with Crippen LogP contribution in [0.4, 0.5) is 0 Å². The summed E-state index contributed by atoms with van der Waals surface area (Å²) in [6.07, 6.45) is 1.83. The Morgan fingerprint density at radius 3 is 2.53 bits per heavy atom. The molecule has 2 nitrogen and oxygen atoms in total. The third-order valence-electron chi connectivity index (χ3n) is 2.58. The lowest BCUT2D eigenvalue weighted by molar-refractivity contribution is 1.47. The van der Waals surface area contributed by atoms with Gasteiger partial charge in [0.15, 0.2) is 0 Å². The van der Waals surface area contributed by atoms with Crippen LogP contribution in [-0.2, 0) is 0 Å². The molecule has 3 heteroatoms. The zero-order chi connectivity index (χ0) is 13.7. The molecule has 0 N–H and O–H groups in total. The first-order chi connectivity index (χ1) is 9.22. The van der Waals surface area contributed by atoms with E-state index in [0.717, 1.165) is 14.7 Å². The second-order valence-corrected chi connectivity index (χ2v) is 5.16. The average Bonchev–Trinajstić information content (AvgIpc) is 2.45. The monoisotopic (exact) mass is 356 g/mol. The summed E-state index contributed by atoms with van der Waals surface area (Å²) >= 11 is 2.24. The molecule has 19 heavy (non-hydrogen) atoms. The topological polar surface area (TPSA) is 47.6 Å². The first-order valence-corrected chi connectivity index (χ1v) is 6.69. The molecule has 0 saturated carbocycles. The molecule has 90 valence electrons. The Hall–Kier alpha value is -2.11. The van der Waals surface area contributed by atoms with Gasteiger partial charge in [0.05, 0.1) is 23.3 Å². The molecule has 0 aliphatic rings. The summed E-state index contributed by atoms with van der Waals surface area (Å²) in [5.74, 6) is 0. The van der Waals surface area contributed by atoms with Crippen LogP contribution < -0.4 is 0 Å². The Bertz CT molecular complexity index is 718. The Kier molecular flexibility index (Phi) is 4.33. The number of hydrogen-bond donors (Lipinski definition) is 0. The van der Waals surface area contributed by atoms with Gasteiger partial charge in [0.25, 0.3) is 0 Å². The van der Waals surface area contributed by atoms with Crippen LogP contribution in [-0.4, -0.2) is 0 Å². The number of benzene rings is 2. The van der Waals surface area contributed by atoms with Crippen molar-refractivity contribution in [3.63, 3.8) is 0 Å². The molecule has 0 spiro atoms. The summed E-state index contributed by atoms with van der Waals surface area (Å²) in [6.45, 7) is 0. The van der Waals surface area contributed by atoms with E-state index in [4.69, 9.17) is 5.26 Å². The van der Waals surface area contributed by atoms with Crippen molar-refractivity contribution in [2.75, 3.05) is 0 Å². The third-order valence-corrected chi connectivity index (χ3v) is 3.25. The van der Waals surface area contributed by atoms with Crippen LogP contribution in [0.3, 0.4) is 0 Å². The SMILES string of the molecule is N#C/C(=C/c1cccc(I)c1)c1cccc(C#N)c1. The van der Waals surface area contributed by atoms with E-state index in [2.05, 4.69) is 34.7 Å². The van der Waals surface area contributed by atoms with E-state index in [-0.39, 0.29) is 0 Å². The van der Waals surface area contributed by atoms with Gasteiger partial charge in [-0.25, -0.2) is 0 Å². The van der Waals surface area contributed by atoms with E-state index in [1.165, 1.54) is 0 Å². The van der Waals surface area contributed by atoms with Crippen molar-refractivity contribution in [3.05, 3.63) is 68.8 Å². The van der Waals surface area contributed by atoms with Crippen molar-refractivity contribution in [3.8, 4) is 12.1 Å². The van der Waals surface area contributed by atoms with Gasteiger partial charge < -0.3 is 0 Å². The highest BCUT2D eigenvalue weighted by atomic mass is 127. The molecular formula is C16H9IN2. The summed E-state index contributed by atoms with van der Waals surface area (Å²) in [4.78, 5) is 0. The summed E-state index contributed by atoms with van der Waals surface area (Å²) in [5.41, 5.74) is 2.85. The maximum atomic E-state index is 9.27. The molecule has 2 aromatic carbocycles. The molecular weight excluding hydrogens is 347 g/mol. The lowest BCUT2D eigenvalue weighted by Gasteiger charge is -2.01. The van der Waals surface area contributed by atoms with Gasteiger partial charge in [0.2, 0.25) is 0 Å². The average molecular weight is 356 g/mol. The molecule has 0 radical (unpaired) electrons. The van der Waals surface area contributed by atoms with Crippen LogP contribution in [0.25, 0.3) is 11.6 Å². The van der Waals surface area contributed by atoms with E-state index < -0.39 is 0 Å². The number of rotatable bonds is 2. The first-order valence-electron chi connectivity index (χ1n) is 5.61. The second kappa shape index (κ2) is 6.17. The number of hydrogen-bond acceptors (Lipinski definition) is 2. The number of allylic oxidation sites excluding steroid dienone is 1. The van der Waals surface area contributed by atoms with Crippen molar-refractivity contribution in [1.29, 1.82) is 10.5 Å². The molecule has 0 unspecified atom stereocenters. The van der Waals surface area contributed by atoms with Crippen LogP contribution in [0, 0.1) is 26.2 Å². The lowest BCUT2D eigenvalue weighted by Crippen LogP contribution is -1.84. The molecule has 2 aromatic rings. The van der Waals surface area contributed by atoms with Crippen molar-refractivity contribution < 1.29 is 0 Å². The highest BCUT2D eigenvalue weighted by molar-refractivity contribution is 14.1. The highest BCUT2D eigenvalue weighted by Crippen LogP contribution is 2.19. The normalized spacial score (nSPS) is 10.6. The van der Waals surface area contributed by atoms with Crippen molar-refractivity contribution >= 4 is 34.2 Å². The maximum Gasteiger partial charge on any atom is 0.0998 e. The molecule has 0 saturated heterocycles. The minimum Gasteiger partial charge on any atom is -0.192 e. The first kappa shape index (κ1) is 13.3. The fourth-order valence-corrected chi connectivity index (χ4v) is 2.27. The van der Waals surface area contributed by atoms with E-state index in [0.29, 0.717) is 11.1 Å².